The van der Waals surface area contributed by atoms with E-state index in [2.05, 4.69) is 57.9 Å². The van der Waals surface area contributed by atoms with Crippen molar-refractivity contribution < 1.29 is 0 Å². The Labute approximate surface area is 128 Å². The van der Waals surface area contributed by atoms with Crippen molar-refractivity contribution in [2.75, 3.05) is 11.9 Å². The van der Waals surface area contributed by atoms with E-state index in [4.69, 9.17) is 4.98 Å². The van der Waals surface area contributed by atoms with Gasteiger partial charge in [-0.2, -0.15) is 11.8 Å². The molecular weight excluding hydrogens is 266 g/mol. The smallest absolute Gasteiger partial charge is 0.140 e. The molecule has 1 N–H and O–H groups in total. The molecular formula is C16H29N3S. The second-order valence-corrected chi connectivity index (χ2v) is 7.69. The second kappa shape index (κ2) is 7.87. The van der Waals surface area contributed by atoms with Crippen LogP contribution in [-0.4, -0.2) is 21.8 Å². The number of aromatic nitrogens is 2. The summed E-state index contributed by atoms with van der Waals surface area (Å²) in [5.41, 5.74) is 1.17. The molecule has 3 nitrogen and oxygen atoms in total. The minimum absolute atomic E-state index is 0.0569. The molecule has 0 fully saturated rings. The monoisotopic (exact) mass is 295 g/mol. The predicted molar refractivity (Wildman–Crippen MR) is 90.6 cm³/mol. The maximum atomic E-state index is 4.75. The number of hydrogen-bond donors (Lipinski definition) is 1. The van der Waals surface area contributed by atoms with Gasteiger partial charge in [-0.15, -0.1) is 0 Å². The molecule has 0 aliphatic carbocycles. The number of rotatable bonds is 7. The Morgan fingerprint density at radius 2 is 1.95 bits per heavy atom. The van der Waals surface area contributed by atoms with Gasteiger partial charge in [-0.05, 0) is 12.8 Å². The lowest BCUT2D eigenvalue weighted by molar-refractivity contribution is 0.564. The van der Waals surface area contributed by atoms with Gasteiger partial charge in [0.05, 0.1) is 11.4 Å². The average Bonchev–Trinajstić information content (AvgIpc) is 2.41. The van der Waals surface area contributed by atoms with Gasteiger partial charge in [-0.25, -0.2) is 9.97 Å². The van der Waals surface area contributed by atoms with Gasteiger partial charge in [0.15, 0.2) is 0 Å². The highest BCUT2D eigenvalue weighted by molar-refractivity contribution is 7.99. The topological polar surface area (TPSA) is 37.8 Å². The summed E-state index contributed by atoms with van der Waals surface area (Å²) in [7, 11) is 0. The number of nitrogens with one attached hydrogen (secondary N) is 1. The summed E-state index contributed by atoms with van der Waals surface area (Å²) < 4.78 is 0. The number of anilines is 1. The lowest BCUT2D eigenvalue weighted by Crippen LogP contribution is -2.17. The Morgan fingerprint density at radius 1 is 1.25 bits per heavy atom. The van der Waals surface area contributed by atoms with Gasteiger partial charge in [0.2, 0.25) is 0 Å². The summed E-state index contributed by atoms with van der Waals surface area (Å²) in [5.74, 6) is 2.80. The molecule has 0 saturated heterocycles. The van der Waals surface area contributed by atoms with Crippen molar-refractivity contribution in [3.05, 3.63) is 17.6 Å². The minimum Gasteiger partial charge on any atom is -0.370 e. The third kappa shape index (κ3) is 5.70. The summed E-state index contributed by atoms with van der Waals surface area (Å²) in [4.78, 5) is 9.39. The van der Waals surface area contributed by atoms with Crippen molar-refractivity contribution in [2.24, 2.45) is 0 Å². The quantitative estimate of drug-likeness (QED) is 0.796. The van der Waals surface area contributed by atoms with Gasteiger partial charge in [0, 0.05) is 23.3 Å². The van der Waals surface area contributed by atoms with Crippen LogP contribution < -0.4 is 5.32 Å². The molecule has 0 bridgehead atoms. The highest BCUT2D eigenvalue weighted by atomic mass is 32.2. The highest BCUT2D eigenvalue weighted by Crippen LogP contribution is 2.24. The van der Waals surface area contributed by atoms with E-state index >= 15 is 0 Å². The van der Waals surface area contributed by atoms with Crippen LogP contribution in [0.5, 0.6) is 0 Å². The summed E-state index contributed by atoms with van der Waals surface area (Å²) in [6.07, 6.45) is 2.29. The van der Waals surface area contributed by atoms with Gasteiger partial charge >= 0.3 is 0 Å². The normalized spacial score (nSPS) is 13.3. The Morgan fingerprint density at radius 3 is 2.50 bits per heavy atom. The molecule has 1 aromatic heterocycles. The van der Waals surface area contributed by atoms with Crippen LogP contribution in [0.2, 0.25) is 0 Å². The highest BCUT2D eigenvalue weighted by Gasteiger charge is 2.18. The summed E-state index contributed by atoms with van der Waals surface area (Å²) in [6.45, 7) is 14.2. The Hall–Kier alpha value is -0.770. The molecule has 0 aliphatic rings. The van der Waals surface area contributed by atoms with Crippen molar-refractivity contribution in [3.63, 3.8) is 0 Å². The average molecular weight is 295 g/mol. The van der Waals surface area contributed by atoms with Crippen LogP contribution in [-0.2, 0) is 11.2 Å². The maximum Gasteiger partial charge on any atom is 0.140 e. The molecule has 1 rings (SSSR count). The molecule has 0 amide bonds. The first-order valence-electron chi connectivity index (χ1n) is 7.60. The summed E-state index contributed by atoms with van der Waals surface area (Å²) >= 11 is 1.93. The lowest BCUT2D eigenvalue weighted by atomic mass is 9.92. The van der Waals surface area contributed by atoms with E-state index in [1.165, 1.54) is 6.42 Å². The van der Waals surface area contributed by atoms with Crippen LogP contribution >= 0.6 is 11.8 Å². The van der Waals surface area contributed by atoms with Crippen molar-refractivity contribution in [1.82, 2.24) is 9.97 Å². The Balaban J connectivity index is 2.91. The molecule has 20 heavy (non-hydrogen) atoms. The molecule has 0 aromatic carbocycles. The fourth-order valence-electron chi connectivity index (χ4n) is 1.62. The number of nitrogens with zero attached hydrogens (tertiary/aromatic N) is 2. The van der Waals surface area contributed by atoms with Crippen LogP contribution in [0.25, 0.3) is 0 Å². The van der Waals surface area contributed by atoms with E-state index in [9.17, 15) is 0 Å². The minimum atomic E-state index is 0.0569. The molecule has 0 saturated carbocycles. The zero-order valence-electron chi connectivity index (χ0n) is 13.8. The standard InChI is InChI=1S/C16H29N3S/c1-7-9-17-14-10-13(16(4,5)6)18-15(19-14)11-20-12(3)8-2/h10,12H,7-9,11H2,1-6H3,(H,17,18,19). The van der Waals surface area contributed by atoms with E-state index in [-0.39, 0.29) is 5.41 Å². The van der Waals surface area contributed by atoms with Gasteiger partial charge in [-0.3, -0.25) is 0 Å². The third-order valence-electron chi connectivity index (χ3n) is 3.17. The van der Waals surface area contributed by atoms with Crippen LogP contribution in [0.4, 0.5) is 5.82 Å². The molecule has 0 radical (unpaired) electrons. The van der Waals surface area contributed by atoms with E-state index < -0.39 is 0 Å². The van der Waals surface area contributed by atoms with Gasteiger partial charge < -0.3 is 5.32 Å². The maximum absolute atomic E-state index is 4.75. The van der Waals surface area contributed by atoms with E-state index in [0.717, 1.165) is 36.1 Å². The van der Waals surface area contributed by atoms with Crippen molar-refractivity contribution in [1.29, 1.82) is 0 Å². The summed E-state index contributed by atoms with van der Waals surface area (Å²) in [6, 6.07) is 2.09. The van der Waals surface area contributed by atoms with Gasteiger partial charge in [0.25, 0.3) is 0 Å². The molecule has 0 spiro atoms. The SMILES string of the molecule is CCCNc1cc(C(C)(C)C)nc(CSC(C)CC)n1. The zero-order valence-corrected chi connectivity index (χ0v) is 14.6. The van der Waals surface area contributed by atoms with Crippen molar-refractivity contribution in [2.45, 2.75) is 70.8 Å². The van der Waals surface area contributed by atoms with Gasteiger partial charge in [-0.1, -0.05) is 41.5 Å². The molecule has 4 heteroatoms. The molecule has 1 aromatic rings. The zero-order chi connectivity index (χ0) is 15.2. The first-order chi connectivity index (χ1) is 9.36. The van der Waals surface area contributed by atoms with E-state index in [1.807, 2.05) is 11.8 Å². The largest absolute Gasteiger partial charge is 0.370 e. The first-order valence-corrected chi connectivity index (χ1v) is 8.65. The first kappa shape index (κ1) is 17.3. The van der Waals surface area contributed by atoms with Crippen LogP contribution in [0.1, 0.15) is 65.9 Å². The molecule has 1 atom stereocenters. The van der Waals surface area contributed by atoms with Crippen LogP contribution in [0.3, 0.4) is 0 Å². The predicted octanol–water partition coefficient (Wildman–Crippen LogP) is 4.63. The Kier molecular flexibility index (Phi) is 6.80. The van der Waals surface area contributed by atoms with Crippen LogP contribution in [0, 0.1) is 0 Å². The van der Waals surface area contributed by atoms with Crippen molar-refractivity contribution in [3.8, 4) is 0 Å². The summed E-state index contributed by atoms with van der Waals surface area (Å²) in [5, 5.41) is 4.04. The third-order valence-corrected chi connectivity index (χ3v) is 4.50. The molecule has 1 heterocycles. The second-order valence-electron chi connectivity index (χ2n) is 6.26. The molecule has 1 unspecified atom stereocenters. The molecule has 114 valence electrons. The number of hydrogen-bond acceptors (Lipinski definition) is 4. The number of thioether (sulfide) groups is 1. The van der Waals surface area contributed by atoms with E-state index in [0.29, 0.717) is 5.25 Å². The van der Waals surface area contributed by atoms with Crippen molar-refractivity contribution >= 4 is 17.6 Å². The van der Waals surface area contributed by atoms with Crippen LogP contribution in [0.15, 0.2) is 6.07 Å². The lowest BCUT2D eigenvalue weighted by Gasteiger charge is -2.20. The fourth-order valence-corrected chi connectivity index (χ4v) is 2.42. The van der Waals surface area contributed by atoms with E-state index in [1.54, 1.807) is 0 Å². The Bertz CT molecular complexity index is 413. The molecule has 0 aliphatic heterocycles. The fraction of sp³-hybridized carbons (Fsp3) is 0.750. The van der Waals surface area contributed by atoms with Gasteiger partial charge in [0.1, 0.15) is 11.6 Å².